The van der Waals surface area contributed by atoms with E-state index in [9.17, 15) is 4.79 Å². The Balaban J connectivity index is 2.82. The van der Waals surface area contributed by atoms with Gasteiger partial charge in [0.2, 0.25) is 0 Å². The number of hydrogen-bond donors (Lipinski definition) is 0. The van der Waals surface area contributed by atoms with E-state index in [2.05, 4.69) is 29.3 Å². The minimum atomic E-state index is 0.0210. The summed E-state index contributed by atoms with van der Waals surface area (Å²) in [4.78, 5) is 12.0. The number of benzene rings is 1. The van der Waals surface area contributed by atoms with Crippen molar-refractivity contribution in [3.63, 3.8) is 0 Å². The van der Waals surface area contributed by atoms with Crippen molar-refractivity contribution in [2.75, 3.05) is 0 Å². The number of Topliss-reactive ketones (excluding diaryl/α,β-unsaturated/α-hetero) is 1. The van der Waals surface area contributed by atoms with E-state index >= 15 is 0 Å². The third kappa shape index (κ3) is 6.03. The minimum Gasteiger partial charge on any atom is -0.292 e. The highest BCUT2D eigenvalue weighted by molar-refractivity contribution is 6.39. The van der Waals surface area contributed by atoms with E-state index in [0.29, 0.717) is 5.71 Å². The lowest BCUT2D eigenvalue weighted by molar-refractivity contribution is -0.116. The molecule has 0 aliphatic rings. The van der Waals surface area contributed by atoms with Gasteiger partial charge in [-0.15, -0.1) is 0 Å². The van der Waals surface area contributed by atoms with E-state index in [4.69, 9.17) is 0 Å². The van der Waals surface area contributed by atoms with Crippen LogP contribution in [0.1, 0.15) is 52.5 Å². The molecule has 0 radical (unpaired) electrons. The zero-order valence-corrected chi connectivity index (χ0v) is 13.6. The molecule has 0 spiro atoms. The molecule has 0 saturated carbocycles. The maximum absolute atomic E-state index is 12.0. The molecule has 21 heavy (non-hydrogen) atoms. The molecule has 1 rings (SSSR count). The average molecular weight is 286 g/mol. The first-order chi connectivity index (χ1) is 10.1. The molecule has 1 aromatic rings. The lowest BCUT2D eigenvalue weighted by Gasteiger charge is -2.06. The number of ketones is 1. The molecule has 0 aromatic heterocycles. The molecule has 1 atom stereocenters. The summed E-state index contributed by atoms with van der Waals surface area (Å²) in [5, 5.41) is 8.49. The summed E-state index contributed by atoms with van der Waals surface area (Å²) >= 11 is 0. The Morgan fingerprint density at radius 3 is 2.38 bits per heavy atom. The molecule has 0 saturated heterocycles. The molecular formula is C18H26N2O. The highest BCUT2D eigenvalue weighted by atomic mass is 16.1. The largest absolute Gasteiger partial charge is 0.292 e. The van der Waals surface area contributed by atoms with E-state index < -0.39 is 0 Å². The predicted octanol–water partition coefficient (Wildman–Crippen LogP) is 4.46. The van der Waals surface area contributed by atoms with Crippen LogP contribution in [0, 0.1) is 5.92 Å². The second kappa shape index (κ2) is 9.22. The van der Waals surface area contributed by atoms with Gasteiger partial charge < -0.3 is 0 Å². The van der Waals surface area contributed by atoms with Crippen molar-refractivity contribution in [3.8, 4) is 0 Å². The predicted molar refractivity (Wildman–Crippen MR) is 90.1 cm³/mol. The monoisotopic (exact) mass is 286 g/mol. The third-order valence-corrected chi connectivity index (χ3v) is 3.55. The molecule has 0 heterocycles. The Morgan fingerprint density at radius 1 is 1.14 bits per heavy atom. The van der Waals surface area contributed by atoms with Crippen LogP contribution in [0.4, 0.5) is 0 Å². The minimum absolute atomic E-state index is 0.0210. The van der Waals surface area contributed by atoms with Crippen LogP contribution < -0.4 is 0 Å². The first-order valence-electron chi connectivity index (χ1n) is 7.76. The summed E-state index contributed by atoms with van der Waals surface area (Å²) in [6, 6.07) is 10.2. The molecule has 0 aliphatic carbocycles. The van der Waals surface area contributed by atoms with Gasteiger partial charge >= 0.3 is 0 Å². The average Bonchev–Trinajstić information content (AvgIpc) is 2.52. The molecule has 1 aromatic carbocycles. The molecule has 0 bridgehead atoms. The van der Waals surface area contributed by atoms with Crippen molar-refractivity contribution in [1.82, 2.24) is 0 Å². The highest BCUT2D eigenvalue weighted by Crippen LogP contribution is 2.07. The maximum Gasteiger partial charge on any atom is 0.181 e. The van der Waals surface area contributed by atoms with Crippen molar-refractivity contribution in [3.05, 3.63) is 35.9 Å². The normalized spacial score (nSPS) is 14.1. The number of nitrogens with zero attached hydrogens (tertiary/aromatic N) is 2. The fourth-order valence-corrected chi connectivity index (χ4v) is 2.03. The second-order valence-corrected chi connectivity index (χ2v) is 5.44. The first-order valence-corrected chi connectivity index (χ1v) is 7.76. The van der Waals surface area contributed by atoms with Crippen LogP contribution in [0.3, 0.4) is 0 Å². The van der Waals surface area contributed by atoms with E-state index in [1.54, 1.807) is 6.92 Å². The molecule has 0 amide bonds. The van der Waals surface area contributed by atoms with Gasteiger partial charge in [-0.1, -0.05) is 57.5 Å². The second-order valence-electron chi connectivity index (χ2n) is 5.44. The van der Waals surface area contributed by atoms with Crippen molar-refractivity contribution in [2.24, 2.45) is 16.1 Å². The van der Waals surface area contributed by atoms with Gasteiger partial charge in [-0.2, -0.15) is 10.2 Å². The van der Waals surface area contributed by atoms with Gasteiger partial charge in [-0.05, 0) is 25.3 Å². The topological polar surface area (TPSA) is 41.8 Å². The Bertz CT molecular complexity index is 503. The van der Waals surface area contributed by atoms with Gasteiger partial charge in [0.25, 0.3) is 0 Å². The van der Waals surface area contributed by atoms with Crippen LogP contribution in [0.15, 0.2) is 40.5 Å². The summed E-state index contributed by atoms with van der Waals surface area (Å²) < 4.78 is 0. The van der Waals surface area contributed by atoms with Crippen LogP contribution in [-0.4, -0.2) is 17.2 Å². The fourth-order valence-electron chi connectivity index (χ4n) is 2.03. The fraction of sp³-hybridized carbons (Fsp3) is 0.500. The molecule has 114 valence electrons. The van der Waals surface area contributed by atoms with Crippen LogP contribution >= 0.6 is 0 Å². The quantitative estimate of drug-likeness (QED) is 0.514. The molecule has 0 aliphatic heterocycles. The van der Waals surface area contributed by atoms with Crippen LogP contribution in [0.5, 0.6) is 0 Å². The number of rotatable bonds is 8. The Morgan fingerprint density at radius 2 is 1.81 bits per heavy atom. The molecule has 3 heteroatoms. The summed E-state index contributed by atoms with van der Waals surface area (Å²) in [6.45, 7) is 7.82. The van der Waals surface area contributed by atoms with Gasteiger partial charge in [0, 0.05) is 18.1 Å². The van der Waals surface area contributed by atoms with Crippen molar-refractivity contribution in [2.45, 2.75) is 53.4 Å². The molecule has 0 fully saturated rings. The van der Waals surface area contributed by atoms with E-state index in [1.807, 2.05) is 32.0 Å². The summed E-state index contributed by atoms with van der Waals surface area (Å²) in [7, 11) is 0. The smallest absolute Gasteiger partial charge is 0.181 e. The van der Waals surface area contributed by atoms with Crippen molar-refractivity contribution in [1.29, 1.82) is 0 Å². The van der Waals surface area contributed by atoms with Gasteiger partial charge in [-0.25, -0.2) is 0 Å². The number of carbonyl (C=O) groups excluding carboxylic acids is 1. The summed E-state index contributed by atoms with van der Waals surface area (Å²) in [6.07, 6.45) is 3.56. The SMILES string of the molecule is CCC/C(Cc1ccccc1)=N\N=C(/C)C(=O)[C@H](C)CC. The molecule has 0 unspecified atom stereocenters. The lowest BCUT2D eigenvalue weighted by Crippen LogP contribution is -2.18. The van der Waals surface area contributed by atoms with Crippen LogP contribution in [-0.2, 0) is 11.2 Å². The van der Waals surface area contributed by atoms with Crippen molar-refractivity contribution >= 4 is 17.2 Å². The summed E-state index contributed by atoms with van der Waals surface area (Å²) in [5.74, 6) is 0.115. The summed E-state index contributed by atoms with van der Waals surface area (Å²) in [5.41, 5.74) is 2.76. The lowest BCUT2D eigenvalue weighted by atomic mass is 10.0. The van der Waals surface area contributed by atoms with Crippen molar-refractivity contribution < 1.29 is 4.79 Å². The first kappa shape index (κ1) is 17.3. The van der Waals surface area contributed by atoms with Gasteiger partial charge in [0.15, 0.2) is 5.78 Å². The van der Waals surface area contributed by atoms with Gasteiger partial charge in [0.1, 0.15) is 5.71 Å². The zero-order valence-electron chi connectivity index (χ0n) is 13.6. The number of hydrogen-bond acceptors (Lipinski definition) is 3. The Labute approximate surface area is 128 Å². The zero-order chi connectivity index (χ0) is 15.7. The molecule has 0 N–H and O–H groups in total. The Hall–Kier alpha value is -1.77. The van der Waals surface area contributed by atoms with Gasteiger partial charge in [-0.3, -0.25) is 4.79 Å². The van der Waals surface area contributed by atoms with E-state index in [1.165, 1.54) is 5.56 Å². The number of carbonyl (C=O) groups is 1. The highest BCUT2D eigenvalue weighted by Gasteiger charge is 2.13. The van der Waals surface area contributed by atoms with E-state index in [-0.39, 0.29) is 11.7 Å². The van der Waals surface area contributed by atoms with Crippen LogP contribution in [0.25, 0.3) is 0 Å². The van der Waals surface area contributed by atoms with Crippen LogP contribution in [0.2, 0.25) is 0 Å². The maximum atomic E-state index is 12.0. The van der Waals surface area contributed by atoms with Gasteiger partial charge in [0.05, 0.1) is 0 Å². The van der Waals surface area contributed by atoms with E-state index in [0.717, 1.165) is 31.4 Å². The molecule has 3 nitrogen and oxygen atoms in total. The Kier molecular flexibility index (Phi) is 7.59. The third-order valence-electron chi connectivity index (χ3n) is 3.55. The standard InChI is InChI=1S/C18H26N2O/c1-5-10-17(13-16-11-8-7-9-12-16)20-19-15(4)18(21)14(3)6-2/h7-9,11-12,14H,5-6,10,13H2,1-4H3/b19-15+,20-17+/t14-/m1/s1. The molecular weight excluding hydrogens is 260 g/mol.